The molecule has 0 spiro atoms. The van der Waals surface area contributed by atoms with Crippen molar-refractivity contribution in [2.45, 2.75) is 45.2 Å². The van der Waals surface area contributed by atoms with Gasteiger partial charge in [-0.25, -0.2) is 4.79 Å². The lowest BCUT2D eigenvalue weighted by Gasteiger charge is -2.20. The summed E-state index contributed by atoms with van der Waals surface area (Å²) in [6.45, 7) is 9.47. The van der Waals surface area contributed by atoms with Crippen LogP contribution in [0.1, 0.15) is 27.2 Å². The van der Waals surface area contributed by atoms with Gasteiger partial charge in [0.15, 0.2) is 5.79 Å². The Labute approximate surface area is 101 Å². The van der Waals surface area contributed by atoms with Crippen LogP contribution in [-0.4, -0.2) is 42.3 Å². The molecule has 0 radical (unpaired) electrons. The minimum Gasteiger partial charge on any atom is -0.463 e. The van der Waals surface area contributed by atoms with Crippen molar-refractivity contribution in [3.05, 3.63) is 12.2 Å². The predicted molar refractivity (Wildman–Crippen MR) is 61.3 cm³/mol. The summed E-state index contributed by atoms with van der Waals surface area (Å²) >= 11 is 0. The molecular formula is C12H20O5. The highest BCUT2D eigenvalue weighted by atomic mass is 16.7. The summed E-state index contributed by atoms with van der Waals surface area (Å²) < 4.78 is 15.6. The van der Waals surface area contributed by atoms with E-state index in [2.05, 4.69) is 6.58 Å². The van der Waals surface area contributed by atoms with Gasteiger partial charge in [0.1, 0.15) is 6.10 Å². The van der Waals surface area contributed by atoms with Crippen LogP contribution in [0.4, 0.5) is 0 Å². The standard InChI is InChI=1S/C12H20O5/c1-5-15-11(14)8(2)6-9(13)10-7-16-12(3,4)17-10/h9-10,13H,2,5-7H2,1,3-4H3/t9-,10+/m1/s1. The van der Waals surface area contributed by atoms with E-state index < -0.39 is 24.0 Å². The van der Waals surface area contributed by atoms with Gasteiger partial charge in [0.2, 0.25) is 0 Å². The van der Waals surface area contributed by atoms with Crippen LogP contribution in [0.5, 0.6) is 0 Å². The van der Waals surface area contributed by atoms with E-state index in [-0.39, 0.29) is 12.0 Å². The van der Waals surface area contributed by atoms with Crippen molar-refractivity contribution in [1.82, 2.24) is 0 Å². The van der Waals surface area contributed by atoms with E-state index in [1.807, 2.05) is 0 Å². The molecule has 0 aromatic rings. The smallest absolute Gasteiger partial charge is 0.333 e. The normalized spacial score (nSPS) is 24.4. The highest BCUT2D eigenvalue weighted by Gasteiger charge is 2.37. The Morgan fingerprint density at radius 3 is 2.76 bits per heavy atom. The van der Waals surface area contributed by atoms with Gasteiger partial charge < -0.3 is 19.3 Å². The number of hydrogen-bond acceptors (Lipinski definition) is 5. The summed E-state index contributed by atoms with van der Waals surface area (Å²) in [6, 6.07) is 0. The molecule has 98 valence electrons. The minimum atomic E-state index is -0.811. The third kappa shape index (κ3) is 4.11. The van der Waals surface area contributed by atoms with Crippen LogP contribution in [0.25, 0.3) is 0 Å². The summed E-state index contributed by atoms with van der Waals surface area (Å²) in [5.41, 5.74) is 0.243. The van der Waals surface area contributed by atoms with Crippen LogP contribution in [-0.2, 0) is 19.0 Å². The van der Waals surface area contributed by atoms with Gasteiger partial charge in [-0.2, -0.15) is 0 Å². The molecule has 5 heteroatoms. The first-order chi connectivity index (χ1) is 7.85. The third-order valence-electron chi connectivity index (χ3n) is 2.48. The summed E-state index contributed by atoms with van der Waals surface area (Å²) in [4.78, 5) is 11.3. The first kappa shape index (κ1) is 14.2. The largest absolute Gasteiger partial charge is 0.463 e. The van der Waals surface area contributed by atoms with Crippen molar-refractivity contribution in [1.29, 1.82) is 0 Å². The van der Waals surface area contributed by atoms with Crippen LogP contribution in [0.2, 0.25) is 0 Å². The molecule has 0 bridgehead atoms. The molecule has 0 saturated carbocycles. The Bertz CT molecular complexity index is 297. The lowest BCUT2D eigenvalue weighted by atomic mass is 10.1. The fourth-order valence-corrected chi connectivity index (χ4v) is 1.61. The number of aliphatic hydroxyl groups excluding tert-OH is 1. The van der Waals surface area contributed by atoms with Crippen LogP contribution in [0.3, 0.4) is 0 Å². The Balaban J connectivity index is 2.42. The first-order valence-corrected chi connectivity index (χ1v) is 5.70. The van der Waals surface area contributed by atoms with Gasteiger partial charge in [0.05, 0.1) is 19.3 Å². The van der Waals surface area contributed by atoms with E-state index >= 15 is 0 Å². The maximum absolute atomic E-state index is 11.3. The molecule has 1 fully saturated rings. The number of hydrogen-bond donors (Lipinski definition) is 1. The van der Waals surface area contributed by atoms with Crippen LogP contribution in [0.15, 0.2) is 12.2 Å². The predicted octanol–water partition coefficient (Wildman–Crippen LogP) is 1.01. The Hall–Kier alpha value is -0.910. The van der Waals surface area contributed by atoms with E-state index in [1.165, 1.54) is 0 Å². The molecule has 1 N–H and O–H groups in total. The SMILES string of the molecule is C=C(C[C@@H](O)[C@@H]1COC(C)(C)O1)C(=O)OCC. The zero-order valence-electron chi connectivity index (χ0n) is 10.6. The van der Waals surface area contributed by atoms with Crippen LogP contribution >= 0.6 is 0 Å². The average Bonchev–Trinajstić information content (AvgIpc) is 2.59. The summed E-state index contributed by atoms with van der Waals surface area (Å²) in [5.74, 6) is -1.17. The van der Waals surface area contributed by atoms with Crippen molar-refractivity contribution in [2.75, 3.05) is 13.2 Å². The molecule has 2 atom stereocenters. The number of carbonyl (C=O) groups is 1. The van der Waals surface area contributed by atoms with Gasteiger partial charge in [-0.05, 0) is 20.8 Å². The molecule has 0 aromatic carbocycles. The zero-order valence-corrected chi connectivity index (χ0v) is 10.6. The zero-order chi connectivity index (χ0) is 13.1. The molecule has 0 aromatic heterocycles. The fourth-order valence-electron chi connectivity index (χ4n) is 1.61. The van der Waals surface area contributed by atoms with E-state index in [4.69, 9.17) is 14.2 Å². The first-order valence-electron chi connectivity index (χ1n) is 5.70. The minimum absolute atomic E-state index is 0.128. The maximum atomic E-state index is 11.3. The van der Waals surface area contributed by atoms with Crippen molar-refractivity contribution in [3.8, 4) is 0 Å². The summed E-state index contributed by atoms with van der Waals surface area (Å²) in [6.07, 6.45) is -1.12. The second-order valence-corrected chi connectivity index (χ2v) is 4.46. The van der Waals surface area contributed by atoms with Gasteiger partial charge in [-0.15, -0.1) is 0 Å². The van der Waals surface area contributed by atoms with Gasteiger partial charge in [0, 0.05) is 12.0 Å². The number of aliphatic hydroxyl groups is 1. The monoisotopic (exact) mass is 244 g/mol. The van der Waals surface area contributed by atoms with Crippen molar-refractivity contribution in [3.63, 3.8) is 0 Å². The molecule has 0 amide bonds. The molecule has 0 aliphatic carbocycles. The molecule has 5 nitrogen and oxygen atoms in total. The van der Waals surface area contributed by atoms with Gasteiger partial charge in [-0.1, -0.05) is 6.58 Å². The van der Waals surface area contributed by atoms with Crippen molar-refractivity contribution < 1.29 is 24.1 Å². The molecule has 1 rings (SSSR count). The van der Waals surface area contributed by atoms with E-state index in [0.29, 0.717) is 13.2 Å². The lowest BCUT2D eigenvalue weighted by Crippen LogP contribution is -2.31. The van der Waals surface area contributed by atoms with E-state index in [9.17, 15) is 9.90 Å². The molecular weight excluding hydrogens is 224 g/mol. The van der Waals surface area contributed by atoms with Gasteiger partial charge >= 0.3 is 5.97 Å². The van der Waals surface area contributed by atoms with Gasteiger partial charge in [0.25, 0.3) is 0 Å². The maximum Gasteiger partial charge on any atom is 0.333 e. The van der Waals surface area contributed by atoms with Crippen molar-refractivity contribution in [2.24, 2.45) is 0 Å². The number of carbonyl (C=O) groups excluding carboxylic acids is 1. The average molecular weight is 244 g/mol. The van der Waals surface area contributed by atoms with Crippen LogP contribution < -0.4 is 0 Å². The third-order valence-corrected chi connectivity index (χ3v) is 2.48. The second-order valence-electron chi connectivity index (χ2n) is 4.46. The van der Waals surface area contributed by atoms with E-state index in [1.54, 1.807) is 20.8 Å². The topological polar surface area (TPSA) is 65.0 Å². The van der Waals surface area contributed by atoms with Crippen LogP contribution in [0, 0.1) is 0 Å². The lowest BCUT2D eigenvalue weighted by molar-refractivity contribution is -0.151. The summed E-state index contributed by atoms with van der Waals surface area (Å²) in [5, 5.41) is 9.90. The van der Waals surface area contributed by atoms with Crippen molar-refractivity contribution >= 4 is 5.97 Å². The second kappa shape index (κ2) is 5.62. The quantitative estimate of drug-likeness (QED) is 0.577. The number of esters is 1. The fraction of sp³-hybridized carbons (Fsp3) is 0.750. The molecule has 1 saturated heterocycles. The highest BCUT2D eigenvalue weighted by Crippen LogP contribution is 2.26. The molecule has 0 unspecified atom stereocenters. The molecule has 1 aliphatic rings. The molecule has 17 heavy (non-hydrogen) atoms. The molecule has 1 aliphatic heterocycles. The Kier molecular flexibility index (Phi) is 4.68. The Morgan fingerprint density at radius 2 is 2.29 bits per heavy atom. The van der Waals surface area contributed by atoms with Gasteiger partial charge in [-0.3, -0.25) is 0 Å². The summed E-state index contributed by atoms with van der Waals surface area (Å²) in [7, 11) is 0. The number of ether oxygens (including phenoxy) is 3. The number of rotatable bonds is 5. The Morgan fingerprint density at radius 1 is 1.65 bits per heavy atom. The highest BCUT2D eigenvalue weighted by molar-refractivity contribution is 5.87. The van der Waals surface area contributed by atoms with E-state index in [0.717, 1.165) is 0 Å². The molecule has 1 heterocycles.